The van der Waals surface area contributed by atoms with E-state index in [1.165, 1.54) is 21.3 Å². The van der Waals surface area contributed by atoms with E-state index in [2.05, 4.69) is 0 Å². The maximum atomic E-state index is 10.4. The van der Waals surface area contributed by atoms with Gasteiger partial charge in [-0.05, 0) is 18.1 Å². The van der Waals surface area contributed by atoms with Crippen LogP contribution in [0.5, 0.6) is 40.2 Å². The van der Waals surface area contributed by atoms with Crippen molar-refractivity contribution >= 4 is 0 Å². The highest BCUT2D eigenvalue weighted by molar-refractivity contribution is 5.63. The van der Waals surface area contributed by atoms with E-state index in [0.717, 1.165) is 5.56 Å². The van der Waals surface area contributed by atoms with E-state index in [9.17, 15) is 10.2 Å². The topological polar surface area (TPSA) is 86.6 Å². The largest absolute Gasteiger partial charge is 0.504 e. The third kappa shape index (κ3) is 2.89. The fraction of sp³-hybridized carbons (Fsp3) is 0.368. The summed E-state index contributed by atoms with van der Waals surface area (Å²) in [6, 6.07) is 4.92. The Morgan fingerprint density at radius 2 is 1.58 bits per heavy atom. The van der Waals surface area contributed by atoms with Gasteiger partial charge in [-0.3, -0.25) is 0 Å². The van der Waals surface area contributed by atoms with Gasteiger partial charge in [0.1, 0.15) is 11.5 Å². The lowest BCUT2D eigenvalue weighted by Gasteiger charge is -2.29. The minimum absolute atomic E-state index is 0.0296. The Labute approximate surface area is 151 Å². The fourth-order valence-electron chi connectivity index (χ4n) is 3.28. The third-order valence-corrected chi connectivity index (χ3v) is 4.54. The van der Waals surface area contributed by atoms with Gasteiger partial charge < -0.3 is 33.9 Å². The molecule has 0 bridgehead atoms. The van der Waals surface area contributed by atoms with Gasteiger partial charge in [0.25, 0.3) is 0 Å². The highest BCUT2D eigenvalue weighted by Crippen LogP contribution is 2.50. The number of rotatable bonds is 5. The second-order valence-corrected chi connectivity index (χ2v) is 5.92. The molecule has 0 radical (unpaired) electrons. The molecule has 7 nitrogen and oxygen atoms in total. The zero-order chi connectivity index (χ0) is 18.8. The second kappa shape index (κ2) is 7.11. The van der Waals surface area contributed by atoms with Gasteiger partial charge in [-0.15, -0.1) is 0 Å². The van der Waals surface area contributed by atoms with Crippen molar-refractivity contribution in [3.63, 3.8) is 0 Å². The molecule has 1 aliphatic rings. The maximum absolute atomic E-state index is 10.4. The van der Waals surface area contributed by atoms with Crippen molar-refractivity contribution in [1.82, 2.24) is 0 Å². The Kier molecular flexibility index (Phi) is 4.88. The van der Waals surface area contributed by atoms with Crippen LogP contribution in [0, 0.1) is 0 Å². The molecular formula is C19H22O7. The van der Waals surface area contributed by atoms with Crippen molar-refractivity contribution in [2.24, 2.45) is 0 Å². The number of ether oxygens (including phenoxy) is 5. The van der Waals surface area contributed by atoms with Gasteiger partial charge >= 0.3 is 0 Å². The number of aromatic hydroxyl groups is 2. The van der Waals surface area contributed by atoms with Gasteiger partial charge in [0.2, 0.25) is 5.75 Å². The molecule has 1 heterocycles. The van der Waals surface area contributed by atoms with Crippen LogP contribution in [0.3, 0.4) is 0 Å². The molecule has 0 saturated carbocycles. The van der Waals surface area contributed by atoms with Gasteiger partial charge in [0, 0.05) is 23.6 Å². The summed E-state index contributed by atoms with van der Waals surface area (Å²) in [4.78, 5) is 0. The van der Waals surface area contributed by atoms with Crippen molar-refractivity contribution in [3.05, 3.63) is 29.3 Å². The minimum Gasteiger partial charge on any atom is -0.504 e. The van der Waals surface area contributed by atoms with Crippen LogP contribution >= 0.6 is 0 Å². The van der Waals surface area contributed by atoms with Crippen LogP contribution < -0.4 is 23.7 Å². The zero-order valence-corrected chi connectivity index (χ0v) is 15.2. The van der Waals surface area contributed by atoms with E-state index < -0.39 is 0 Å². The molecule has 7 heteroatoms. The molecule has 0 aromatic heterocycles. The average Bonchev–Trinajstić information content (AvgIpc) is 2.66. The number of benzene rings is 2. The molecule has 0 amide bonds. The molecular weight excluding hydrogens is 340 g/mol. The molecule has 1 unspecified atom stereocenters. The smallest absolute Gasteiger partial charge is 0.201 e. The number of hydrogen-bond donors (Lipinski definition) is 2. The second-order valence-electron chi connectivity index (χ2n) is 5.92. The van der Waals surface area contributed by atoms with Crippen LogP contribution in [-0.2, 0) is 6.42 Å². The summed E-state index contributed by atoms with van der Waals surface area (Å²) in [6.07, 6.45) is 0.602. The first-order chi connectivity index (χ1) is 12.5. The van der Waals surface area contributed by atoms with Gasteiger partial charge in [0.15, 0.2) is 23.0 Å². The van der Waals surface area contributed by atoms with Crippen LogP contribution in [0.15, 0.2) is 18.2 Å². The van der Waals surface area contributed by atoms with E-state index in [1.807, 2.05) is 0 Å². The average molecular weight is 362 g/mol. The third-order valence-electron chi connectivity index (χ3n) is 4.54. The number of fused-ring (bicyclic) bond motifs is 1. The summed E-state index contributed by atoms with van der Waals surface area (Å²) in [5.74, 6) is 1.91. The summed E-state index contributed by atoms with van der Waals surface area (Å²) in [5.41, 5.74) is 1.58. The monoisotopic (exact) mass is 362 g/mol. The highest BCUT2D eigenvalue weighted by atomic mass is 16.5. The summed E-state index contributed by atoms with van der Waals surface area (Å²) < 4.78 is 27.1. The van der Waals surface area contributed by atoms with Crippen molar-refractivity contribution in [2.45, 2.75) is 12.3 Å². The lowest BCUT2D eigenvalue weighted by atomic mass is 9.88. The van der Waals surface area contributed by atoms with Crippen LogP contribution in [-0.4, -0.2) is 45.3 Å². The Morgan fingerprint density at radius 1 is 0.885 bits per heavy atom. The summed E-state index contributed by atoms with van der Waals surface area (Å²) in [5, 5.41) is 20.4. The predicted octanol–water partition coefficient (Wildman–Crippen LogP) is 2.85. The van der Waals surface area contributed by atoms with E-state index in [0.29, 0.717) is 41.6 Å². The van der Waals surface area contributed by atoms with Crippen molar-refractivity contribution in [2.75, 3.05) is 35.0 Å². The van der Waals surface area contributed by atoms with Crippen LogP contribution in [0.2, 0.25) is 0 Å². The molecule has 2 N–H and O–H groups in total. The normalized spacial score (nSPS) is 15.6. The molecule has 2 aromatic carbocycles. The van der Waals surface area contributed by atoms with E-state index in [-0.39, 0.29) is 23.2 Å². The van der Waals surface area contributed by atoms with Gasteiger partial charge in [-0.25, -0.2) is 0 Å². The molecule has 140 valence electrons. The van der Waals surface area contributed by atoms with E-state index in [1.54, 1.807) is 25.3 Å². The number of phenolic OH excluding ortho intramolecular Hbond substituents is 2. The Hall–Kier alpha value is -2.96. The molecule has 3 rings (SSSR count). The zero-order valence-electron chi connectivity index (χ0n) is 15.2. The molecule has 0 spiro atoms. The number of methoxy groups -OCH3 is 4. The van der Waals surface area contributed by atoms with Crippen molar-refractivity contribution in [3.8, 4) is 40.2 Å². The Morgan fingerprint density at radius 3 is 2.19 bits per heavy atom. The molecule has 0 aliphatic carbocycles. The van der Waals surface area contributed by atoms with Crippen LogP contribution in [0.25, 0.3) is 0 Å². The fourth-order valence-corrected chi connectivity index (χ4v) is 3.28. The Bertz CT molecular complexity index is 816. The molecule has 0 saturated heterocycles. The first kappa shape index (κ1) is 17.8. The van der Waals surface area contributed by atoms with E-state index in [4.69, 9.17) is 23.7 Å². The highest BCUT2D eigenvalue weighted by Gasteiger charge is 2.31. The van der Waals surface area contributed by atoms with Gasteiger partial charge in [-0.2, -0.15) is 0 Å². The minimum atomic E-state index is -0.126. The molecule has 1 aliphatic heterocycles. The summed E-state index contributed by atoms with van der Waals surface area (Å²) >= 11 is 0. The molecule has 2 aromatic rings. The van der Waals surface area contributed by atoms with Gasteiger partial charge in [-0.1, -0.05) is 0 Å². The number of hydrogen-bond acceptors (Lipinski definition) is 7. The van der Waals surface area contributed by atoms with Crippen LogP contribution in [0.1, 0.15) is 17.0 Å². The van der Waals surface area contributed by atoms with Gasteiger partial charge in [0.05, 0.1) is 35.0 Å². The molecule has 0 fully saturated rings. The van der Waals surface area contributed by atoms with E-state index >= 15 is 0 Å². The quantitative estimate of drug-likeness (QED) is 0.846. The lowest BCUT2D eigenvalue weighted by molar-refractivity contribution is 0.249. The van der Waals surface area contributed by atoms with Crippen molar-refractivity contribution in [1.29, 1.82) is 0 Å². The first-order valence-corrected chi connectivity index (χ1v) is 8.08. The Balaban J connectivity index is 2.06. The summed E-state index contributed by atoms with van der Waals surface area (Å²) in [6.45, 7) is 0.345. The standard InChI is InChI=1S/C19H22O7/c1-22-14-6-10-5-11(9-26-13(10)7-12(14)20)17-15(23-2)8-16(24-3)18(21)19(17)25-4/h6-8,11,20-21H,5,9H2,1-4H3. The van der Waals surface area contributed by atoms with Crippen LogP contribution in [0.4, 0.5) is 0 Å². The summed E-state index contributed by atoms with van der Waals surface area (Å²) in [7, 11) is 5.99. The SMILES string of the molecule is COc1cc2c(cc1O)OCC(c1c(OC)cc(OC)c(O)c1OC)C2. The first-order valence-electron chi connectivity index (χ1n) is 8.08. The predicted molar refractivity (Wildman–Crippen MR) is 94.4 cm³/mol. The molecule has 1 atom stereocenters. The number of phenols is 2. The van der Waals surface area contributed by atoms with Crippen molar-refractivity contribution < 1.29 is 33.9 Å². The lowest BCUT2D eigenvalue weighted by Crippen LogP contribution is -2.20. The maximum Gasteiger partial charge on any atom is 0.201 e. The molecule has 26 heavy (non-hydrogen) atoms.